The summed E-state index contributed by atoms with van der Waals surface area (Å²) in [6.45, 7) is 13.3. The molecule has 0 bridgehead atoms. The van der Waals surface area contributed by atoms with Gasteiger partial charge in [-0.3, -0.25) is 0 Å². The van der Waals surface area contributed by atoms with Crippen LogP contribution >= 0.6 is 0 Å². The molecule has 2 aliphatic carbocycles. The van der Waals surface area contributed by atoms with Crippen LogP contribution in [-0.2, 0) is 14.7 Å². The molecule has 2 nitrogen and oxygen atoms in total. The van der Waals surface area contributed by atoms with Crippen LogP contribution in [0.15, 0.2) is 90.5 Å². The third kappa shape index (κ3) is 3.19. The van der Waals surface area contributed by atoms with Crippen molar-refractivity contribution in [3.63, 3.8) is 0 Å². The van der Waals surface area contributed by atoms with Crippen molar-refractivity contribution in [2.24, 2.45) is 0 Å². The molecule has 3 aliphatic rings. The van der Waals surface area contributed by atoms with Crippen LogP contribution in [0.2, 0.25) is 0 Å². The molecule has 5 aromatic rings. The number of rotatable bonds is 2. The third-order valence-corrected chi connectivity index (χ3v) is 10.5. The van der Waals surface area contributed by atoms with Gasteiger partial charge in [-0.15, -0.1) is 0 Å². The largest absolute Gasteiger partial charge is 0.494 e. The number of fused-ring (bicyclic) bond motifs is 2. The Hall–Kier alpha value is -3.40. The minimum atomic E-state index is -0.347. The Morgan fingerprint density at radius 1 is 0.725 bits per heavy atom. The molecule has 0 amide bonds. The van der Waals surface area contributed by atoms with Crippen LogP contribution in [0.25, 0.3) is 37.9 Å². The van der Waals surface area contributed by atoms with Gasteiger partial charge in [-0.2, -0.15) is 0 Å². The quantitative estimate of drug-likeness (QED) is 0.171. The van der Waals surface area contributed by atoms with Crippen LogP contribution in [0.4, 0.5) is 0 Å². The normalized spacial score (nSPS) is 22.6. The molecule has 0 radical (unpaired) electrons. The van der Waals surface area contributed by atoms with Crippen molar-refractivity contribution >= 4 is 50.5 Å². The lowest BCUT2D eigenvalue weighted by atomic mass is 9.72. The zero-order valence-electron chi connectivity index (χ0n) is 24.3. The molecule has 40 heavy (non-hydrogen) atoms. The molecule has 1 unspecified atom stereocenters. The Kier molecular flexibility index (Phi) is 4.80. The molecule has 0 spiro atoms. The van der Waals surface area contributed by atoms with Crippen molar-refractivity contribution in [2.45, 2.75) is 70.5 Å². The minimum Gasteiger partial charge on any atom is -0.399 e. The molecule has 1 atom stereocenters. The second-order valence-electron chi connectivity index (χ2n) is 13.6. The van der Waals surface area contributed by atoms with Gasteiger partial charge in [0.15, 0.2) is 0 Å². The van der Waals surface area contributed by atoms with E-state index in [0.29, 0.717) is 5.92 Å². The summed E-state index contributed by atoms with van der Waals surface area (Å²) in [5, 5.41) is 8.15. The van der Waals surface area contributed by atoms with Gasteiger partial charge in [0.2, 0.25) is 0 Å². The van der Waals surface area contributed by atoms with E-state index >= 15 is 0 Å². The van der Waals surface area contributed by atoms with Gasteiger partial charge < -0.3 is 9.31 Å². The van der Waals surface area contributed by atoms with E-state index in [4.69, 9.17) is 9.31 Å². The van der Waals surface area contributed by atoms with Crippen LogP contribution in [-0.4, -0.2) is 18.3 Å². The summed E-state index contributed by atoms with van der Waals surface area (Å²) in [6, 6.07) is 27.4. The highest BCUT2D eigenvalue weighted by atomic mass is 16.7. The standard InChI is InChI=1S/C37H35BO2/c1-35(2)31-20-25(27-16-12-24-11-10-22-8-7-9-23-13-18-30(27)34(24)33(22)23)14-17-28(31)29-19-15-26(21-32(29)35)38-39-36(3,4)37(5,6)40-38/h7-19,21,25H,20H2,1-6H3. The monoisotopic (exact) mass is 522 g/mol. The Morgan fingerprint density at radius 3 is 2.10 bits per heavy atom. The fraction of sp³-hybridized carbons (Fsp3) is 0.297. The first-order chi connectivity index (χ1) is 19.0. The van der Waals surface area contributed by atoms with Gasteiger partial charge in [-0.25, -0.2) is 0 Å². The van der Waals surface area contributed by atoms with Crippen LogP contribution in [0.3, 0.4) is 0 Å². The molecule has 0 aromatic heterocycles. The topological polar surface area (TPSA) is 18.5 Å². The van der Waals surface area contributed by atoms with Crippen molar-refractivity contribution in [1.82, 2.24) is 0 Å². The van der Waals surface area contributed by atoms with Gasteiger partial charge >= 0.3 is 7.12 Å². The summed E-state index contributed by atoms with van der Waals surface area (Å²) in [6.07, 6.45) is 5.87. The zero-order valence-corrected chi connectivity index (χ0v) is 24.3. The molecular weight excluding hydrogens is 487 g/mol. The first kappa shape index (κ1) is 24.4. The number of allylic oxidation sites excluding steroid dienone is 4. The van der Waals surface area contributed by atoms with Crippen LogP contribution in [0.1, 0.15) is 70.6 Å². The second kappa shape index (κ2) is 7.87. The van der Waals surface area contributed by atoms with Crippen molar-refractivity contribution in [3.05, 3.63) is 107 Å². The summed E-state index contributed by atoms with van der Waals surface area (Å²) < 4.78 is 12.8. The number of hydrogen-bond acceptors (Lipinski definition) is 2. The highest BCUT2D eigenvalue weighted by Gasteiger charge is 2.52. The summed E-state index contributed by atoms with van der Waals surface area (Å²) in [7, 11) is -0.343. The second-order valence-corrected chi connectivity index (χ2v) is 13.6. The summed E-state index contributed by atoms with van der Waals surface area (Å²) in [4.78, 5) is 0. The molecule has 1 fully saturated rings. The number of benzene rings is 5. The third-order valence-electron chi connectivity index (χ3n) is 10.5. The smallest absolute Gasteiger partial charge is 0.399 e. The fourth-order valence-corrected chi connectivity index (χ4v) is 7.45. The molecule has 8 rings (SSSR count). The maximum atomic E-state index is 6.41. The lowest BCUT2D eigenvalue weighted by Crippen LogP contribution is -2.41. The highest BCUT2D eigenvalue weighted by molar-refractivity contribution is 6.62. The van der Waals surface area contributed by atoms with E-state index in [0.717, 1.165) is 11.9 Å². The van der Waals surface area contributed by atoms with E-state index in [1.54, 1.807) is 0 Å². The van der Waals surface area contributed by atoms with Gasteiger partial charge in [0, 0.05) is 11.3 Å². The molecule has 5 aromatic carbocycles. The Morgan fingerprint density at radius 2 is 1.38 bits per heavy atom. The van der Waals surface area contributed by atoms with E-state index in [1.807, 2.05) is 0 Å². The van der Waals surface area contributed by atoms with Crippen molar-refractivity contribution in [1.29, 1.82) is 0 Å². The van der Waals surface area contributed by atoms with Gasteiger partial charge in [0.1, 0.15) is 0 Å². The van der Waals surface area contributed by atoms with Crippen molar-refractivity contribution < 1.29 is 9.31 Å². The fourth-order valence-electron chi connectivity index (χ4n) is 7.45. The Bertz CT molecular complexity index is 1890. The van der Waals surface area contributed by atoms with Crippen LogP contribution in [0.5, 0.6) is 0 Å². The molecule has 1 heterocycles. The van der Waals surface area contributed by atoms with Gasteiger partial charge in [-0.05, 0) is 94.2 Å². The highest BCUT2D eigenvalue weighted by Crippen LogP contribution is 2.53. The lowest BCUT2D eigenvalue weighted by Gasteiger charge is -2.32. The zero-order chi connectivity index (χ0) is 27.6. The first-order valence-corrected chi connectivity index (χ1v) is 14.6. The average molecular weight is 522 g/mol. The Labute approximate surface area is 237 Å². The van der Waals surface area contributed by atoms with Gasteiger partial charge in [0.05, 0.1) is 11.2 Å². The molecule has 1 aliphatic heterocycles. The molecule has 0 saturated carbocycles. The Balaban J connectivity index is 1.17. The molecule has 1 saturated heterocycles. The van der Waals surface area contributed by atoms with Gasteiger partial charge in [-0.1, -0.05) is 104 Å². The van der Waals surface area contributed by atoms with Crippen LogP contribution < -0.4 is 5.46 Å². The summed E-state index contributed by atoms with van der Waals surface area (Å²) in [5.41, 5.74) is 7.45. The molecular formula is C37H35BO2. The molecule has 0 N–H and O–H groups in total. The SMILES string of the molecule is CC1(C)C2=C(C=CC(c3ccc4ccc5cccc6ccc3c4c56)C2)c2ccc(B3OC(C)(C)C(C)(C)O3)cc21. The predicted octanol–water partition coefficient (Wildman–Crippen LogP) is 8.67. The minimum absolute atomic E-state index is 0.0584. The first-order valence-electron chi connectivity index (χ1n) is 14.6. The average Bonchev–Trinajstić information content (AvgIpc) is 3.30. The van der Waals surface area contributed by atoms with E-state index in [9.17, 15) is 0 Å². The number of hydrogen-bond donors (Lipinski definition) is 0. The van der Waals surface area contributed by atoms with E-state index in [1.165, 1.54) is 60.2 Å². The van der Waals surface area contributed by atoms with Crippen molar-refractivity contribution in [3.8, 4) is 0 Å². The predicted molar refractivity (Wildman–Crippen MR) is 169 cm³/mol. The van der Waals surface area contributed by atoms with Crippen LogP contribution in [0, 0.1) is 0 Å². The van der Waals surface area contributed by atoms with E-state index in [2.05, 4.69) is 126 Å². The molecule has 3 heteroatoms. The summed E-state index contributed by atoms with van der Waals surface area (Å²) >= 11 is 0. The van der Waals surface area contributed by atoms with E-state index < -0.39 is 0 Å². The van der Waals surface area contributed by atoms with E-state index in [-0.39, 0.29) is 23.7 Å². The van der Waals surface area contributed by atoms with Crippen molar-refractivity contribution in [2.75, 3.05) is 0 Å². The lowest BCUT2D eigenvalue weighted by molar-refractivity contribution is 0.00578. The maximum Gasteiger partial charge on any atom is 0.494 e. The maximum absolute atomic E-state index is 6.41. The molecule has 198 valence electrons. The summed E-state index contributed by atoms with van der Waals surface area (Å²) in [5.74, 6) is 0.347. The van der Waals surface area contributed by atoms with Gasteiger partial charge in [0.25, 0.3) is 0 Å².